The van der Waals surface area contributed by atoms with Gasteiger partial charge in [-0.3, -0.25) is 4.79 Å². The molecule has 0 atom stereocenters. The Hall–Kier alpha value is -3.86. The van der Waals surface area contributed by atoms with Crippen LogP contribution in [-0.4, -0.2) is 15.9 Å². The Kier molecular flexibility index (Phi) is 5.38. The minimum Gasteiger partial charge on any atom is -0.309 e. The van der Waals surface area contributed by atoms with Gasteiger partial charge in [0.15, 0.2) is 5.82 Å². The molecule has 1 N–H and O–H groups in total. The van der Waals surface area contributed by atoms with Gasteiger partial charge in [0.2, 0.25) is 5.91 Å². The minimum atomic E-state index is -0.310. The summed E-state index contributed by atoms with van der Waals surface area (Å²) < 4.78 is 13.2. The molecule has 4 nitrogen and oxygen atoms in total. The predicted molar refractivity (Wildman–Crippen MR) is 112 cm³/mol. The van der Waals surface area contributed by atoms with E-state index in [9.17, 15) is 9.18 Å². The molecule has 0 saturated carbocycles. The van der Waals surface area contributed by atoms with Crippen LogP contribution in [0.1, 0.15) is 5.56 Å². The van der Waals surface area contributed by atoms with Crippen molar-refractivity contribution in [1.82, 2.24) is 9.97 Å². The second-order valence-corrected chi connectivity index (χ2v) is 6.54. The lowest BCUT2D eigenvalue weighted by Crippen LogP contribution is -2.16. The van der Waals surface area contributed by atoms with E-state index in [1.165, 1.54) is 12.1 Å². The molecule has 0 aliphatic heterocycles. The molecular weight excluding hydrogens is 365 g/mol. The van der Waals surface area contributed by atoms with Crippen molar-refractivity contribution < 1.29 is 9.18 Å². The average Bonchev–Trinajstić information content (AvgIpc) is 2.76. The highest BCUT2D eigenvalue weighted by atomic mass is 19.1. The lowest BCUT2D eigenvalue weighted by molar-refractivity contribution is -0.115. The molecule has 3 aromatic carbocycles. The summed E-state index contributed by atoms with van der Waals surface area (Å²) in [6, 6.07) is 25.1. The van der Waals surface area contributed by atoms with Gasteiger partial charge < -0.3 is 5.32 Å². The van der Waals surface area contributed by atoms with Crippen LogP contribution in [0.15, 0.2) is 91.1 Å². The summed E-state index contributed by atoms with van der Waals surface area (Å²) in [6.07, 6.45) is 1.83. The Morgan fingerprint density at radius 3 is 2.17 bits per heavy atom. The summed E-state index contributed by atoms with van der Waals surface area (Å²) in [7, 11) is 0. The largest absolute Gasteiger partial charge is 0.309 e. The van der Waals surface area contributed by atoms with E-state index in [2.05, 4.69) is 10.3 Å². The molecule has 0 bridgehead atoms. The number of carbonyl (C=O) groups is 1. The van der Waals surface area contributed by atoms with Gasteiger partial charge in [0.1, 0.15) is 11.5 Å². The lowest BCUT2D eigenvalue weighted by atomic mass is 10.1. The van der Waals surface area contributed by atoms with E-state index in [1.807, 2.05) is 60.7 Å². The Labute approximate surface area is 168 Å². The molecule has 29 heavy (non-hydrogen) atoms. The minimum absolute atomic E-state index is 0.169. The van der Waals surface area contributed by atoms with E-state index < -0.39 is 0 Å². The average molecular weight is 383 g/mol. The number of carbonyl (C=O) groups excluding carboxylic acids is 1. The fraction of sp³-hybridized carbons (Fsp3) is 0.0417. The number of anilines is 1. The first-order valence-electron chi connectivity index (χ1n) is 9.21. The van der Waals surface area contributed by atoms with Gasteiger partial charge in [-0.15, -0.1) is 0 Å². The van der Waals surface area contributed by atoms with E-state index in [0.717, 1.165) is 16.7 Å². The highest BCUT2D eigenvalue weighted by Crippen LogP contribution is 2.27. The van der Waals surface area contributed by atoms with Crippen molar-refractivity contribution in [2.45, 2.75) is 6.42 Å². The van der Waals surface area contributed by atoms with E-state index in [0.29, 0.717) is 17.2 Å². The topological polar surface area (TPSA) is 54.9 Å². The highest BCUT2D eigenvalue weighted by Gasteiger charge is 2.14. The second-order valence-electron chi connectivity index (χ2n) is 6.54. The first-order valence-corrected chi connectivity index (χ1v) is 9.21. The Bertz CT molecular complexity index is 1110. The van der Waals surface area contributed by atoms with Gasteiger partial charge in [-0.1, -0.05) is 60.7 Å². The Morgan fingerprint density at radius 2 is 1.48 bits per heavy atom. The first-order chi connectivity index (χ1) is 14.2. The fourth-order valence-corrected chi connectivity index (χ4v) is 3.00. The van der Waals surface area contributed by atoms with Gasteiger partial charge in [0.25, 0.3) is 0 Å². The van der Waals surface area contributed by atoms with Crippen LogP contribution in [-0.2, 0) is 11.2 Å². The van der Waals surface area contributed by atoms with Gasteiger partial charge in [-0.25, -0.2) is 14.4 Å². The molecule has 0 radical (unpaired) electrons. The number of aromatic nitrogens is 2. The maximum atomic E-state index is 13.2. The van der Waals surface area contributed by atoms with E-state index in [-0.39, 0.29) is 18.1 Å². The predicted octanol–water partition coefficient (Wildman–Crippen LogP) is 5.13. The summed E-state index contributed by atoms with van der Waals surface area (Å²) >= 11 is 0. The van der Waals surface area contributed by atoms with Crippen LogP contribution in [0.5, 0.6) is 0 Å². The van der Waals surface area contributed by atoms with Crippen molar-refractivity contribution in [2.75, 3.05) is 5.32 Å². The smallest absolute Gasteiger partial charge is 0.230 e. The van der Waals surface area contributed by atoms with Crippen LogP contribution in [0, 0.1) is 5.82 Å². The van der Waals surface area contributed by atoms with Crippen molar-refractivity contribution in [2.24, 2.45) is 0 Å². The zero-order chi connectivity index (χ0) is 20.1. The molecule has 1 heterocycles. The van der Waals surface area contributed by atoms with Crippen LogP contribution in [0.3, 0.4) is 0 Å². The maximum Gasteiger partial charge on any atom is 0.230 e. The standard InChI is InChI=1S/C24H18FN3O/c25-20-13-11-18(12-14-20)21-16-26-24(23(27-21)19-9-5-2-6-10-19)28-22(29)15-17-7-3-1-4-8-17/h1-14,16H,15H2,(H,26,28,29). The molecule has 0 fully saturated rings. The Morgan fingerprint density at radius 1 is 0.828 bits per heavy atom. The molecule has 0 saturated heterocycles. The third kappa shape index (κ3) is 4.52. The number of nitrogens with one attached hydrogen (secondary N) is 1. The summed E-state index contributed by atoms with van der Waals surface area (Å²) in [4.78, 5) is 21.7. The summed E-state index contributed by atoms with van der Waals surface area (Å²) in [5, 5.41) is 2.87. The lowest BCUT2D eigenvalue weighted by Gasteiger charge is -2.12. The molecule has 0 unspecified atom stereocenters. The van der Waals surface area contributed by atoms with Gasteiger partial charge in [0, 0.05) is 11.1 Å². The molecule has 4 aromatic rings. The SMILES string of the molecule is O=C(Cc1ccccc1)Nc1ncc(-c2ccc(F)cc2)nc1-c1ccccc1. The highest BCUT2D eigenvalue weighted by molar-refractivity contribution is 5.94. The van der Waals surface area contributed by atoms with Crippen molar-refractivity contribution >= 4 is 11.7 Å². The van der Waals surface area contributed by atoms with Crippen LogP contribution >= 0.6 is 0 Å². The van der Waals surface area contributed by atoms with Crippen molar-refractivity contribution in [3.8, 4) is 22.5 Å². The molecular formula is C24H18FN3O. The first kappa shape index (κ1) is 18.5. The van der Waals surface area contributed by atoms with Crippen LogP contribution in [0.4, 0.5) is 10.2 Å². The van der Waals surface area contributed by atoms with E-state index >= 15 is 0 Å². The normalized spacial score (nSPS) is 10.5. The van der Waals surface area contributed by atoms with E-state index in [4.69, 9.17) is 4.98 Å². The molecule has 0 aliphatic carbocycles. The zero-order valence-corrected chi connectivity index (χ0v) is 15.5. The molecule has 4 rings (SSSR count). The number of halogens is 1. The number of benzene rings is 3. The van der Waals surface area contributed by atoms with Crippen LogP contribution in [0.25, 0.3) is 22.5 Å². The maximum absolute atomic E-state index is 13.2. The third-order valence-electron chi connectivity index (χ3n) is 4.43. The van der Waals surface area contributed by atoms with Crippen molar-refractivity contribution in [3.05, 3.63) is 103 Å². The summed E-state index contributed by atoms with van der Waals surface area (Å²) in [5.74, 6) is -0.0880. The molecule has 142 valence electrons. The summed E-state index contributed by atoms with van der Waals surface area (Å²) in [5.41, 5.74) is 3.66. The van der Waals surface area contributed by atoms with Gasteiger partial charge in [-0.05, 0) is 29.8 Å². The van der Waals surface area contributed by atoms with Crippen molar-refractivity contribution in [1.29, 1.82) is 0 Å². The second kappa shape index (κ2) is 8.44. The van der Waals surface area contributed by atoms with Gasteiger partial charge >= 0.3 is 0 Å². The molecule has 1 amide bonds. The third-order valence-corrected chi connectivity index (χ3v) is 4.43. The number of nitrogens with zero attached hydrogens (tertiary/aromatic N) is 2. The molecule has 1 aromatic heterocycles. The number of hydrogen-bond donors (Lipinski definition) is 1. The van der Waals surface area contributed by atoms with E-state index in [1.54, 1.807) is 18.3 Å². The van der Waals surface area contributed by atoms with Crippen LogP contribution < -0.4 is 5.32 Å². The number of rotatable bonds is 5. The zero-order valence-electron chi connectivity index (χ0n) is 15.5. The number of amides is 1. The Balaban J connectivity index is 1.67. The van der Waals surface area contributed by atoms with Crippen LogP contribution in [0.2, 0.25) is 0 Å². The monoisotopic (exact) mass is 383 g/mol. The van der Waals surface area contributed by atoms with Gasteiger partial charge in [0.05, 0.1) is 18.3 Å². The molecule has 5 heteroatoms. The molecule has 0 spiro atoms. The fourth-order valence-electron chi connectivity index (χ4n) is 3.00. The van der Waals surface area contributed by atoms with Gasteiger partial charge in [-0.2, -0.15) is 0 Å². The quantitative estimate of drug-likeness (QED) is 0.520. The van der Waals surface area contributed by atoms with Crippen molar-refractivity contribution in [3.63, 3.8) is 0 Å². The molecule has 0 aliphatic rings. The summed E-state index contributed by atoms with van der Waals surface area (Å²) in [6.45, 7) is 0. The number of hydrogen-bond acceptors (Lipinski definition) is 3.